The van der Waals surface area contributed by atoms with Crippen molar-refractivity contribution >= 4 is 60.5 Å². The summed E-state index contributed by atoms with van der Waals surface area (Å²) in [6, 6.07) is 80.8. The van der Waals surface area contributed by atoms with Crippen molar-refractivity contribution in [2.45, 2.75) is 0 Å². The van der Waals surface area contributed by atoms with Crippen LogP contribution in [0.5, 0.6) is 0 Å². The Balaban J connectivity index is 1.10. The molecule has 2 heteroatoms. The molecule has 0 aliphatic rings. The molecule has 0 fully saturated rings. The van der Waals surface area contributed by atoms with Crippen LogP contribution in [0.15, 0.2) is 229 Å². The highest BCUT2D eigenvalue weighted by atomic mass is 16.3. The standard InChI is InChI=1S/C56H37NO/c1-2-13-40(14-3-1)50-36-31-43(49-23-11-18-39-16-5-7-20-47(39)49)37-54(50)57(44-32-27-41(28-33-44)48-22-10-17-38-15-4-6-19-46(38)48)45-34-29-42(30-35-45)51-24-12-25-53-52-21-8-9-26-55(52)58-56(51)53/h1-37H. The maximum absolute atomic E-state index is 6.47. The Hall–Kier alpha value is -7.68. The van der Waals surface area contributed by atoms with Crippen LogP contribution in [0.2, 0.25) is 0 Å². The van der Waals surface area contributed by atoms with Gasteiger partial charge < -0.3 is 9.32 Å². The summed E-state index contributed by atoms with van der Waals surface area (Å²) < 4.78 is 6.47. The van der Waals surface area contributed by atoms with Crippen LogP contribution in [0.4, 0.5) is 17.1 Å². The summed E-state index contributed by atoms with van der Waals surface area (Å²) in [6.07, 6.45) is 0. The van der Waals surface area contributed by atoms with Gasteiger partial charge in [-0.1, -0.05) is 188 Å². The number of hydrogen-bond acceptors (Lipinski definition) is 2. The van der Waals surface area contributed by atoms with Crippen LogP contribution in [0.25, 0.3) is 88.0 Å². The number of para-hydroxylation sites is 2. The number of anilines is 3. The molecular formula is C56H37NO. The SMILES string of the molecule is c1ccc(-c2ccc(-c3cccc4ccccc34)cc2N(c2ccc(-c3cccc4ccccc34)cc2)c2ccc(-c3cccc4c3oc3ccccc34)cc2)cc1. The van der Waals surface area contributed by atoms with Crippen molar-refractivity contribution in [2.24, 2.45) is 0 Å². The molecule has 0 bridgehead atoms. The lowest BCUT2D eigenvalue weighted by molar-refractivity contribution is 0.670. The quantitative estimate of drug-likeness (QED) is 0.162. The van der Waals surface area contributed by atoms with Gasteiger partial charge in [-0.25, -0.2) is 0 Å². The van der Waals surface area contributed by atoms with Gasteiger partial charge in [0, 0.05) is 33.3 Å². The number of hydrogen-bond donors (Lipinski definition) is 0. The van der Waals surface area contributed by atoms with E-state index in [1.165, 1.54) is 38.2 Å². The molecule has 2 nitrogen and oxygen atoms in total. The summed E-state index contributed by atoms with van der Waals surface area (Å²) in [5, 5.41) is 7.21. The van der Waals surface area contributed by atoms with Gasteiger partial charge in [0.1, 0.15) is 11.2 Å². The highest BCUT2D eigenvalue weighted by Crippen LogP contribution is 2.45. The summed E-state index contributed by atoms with van der Waals surface area (Å²) in [7, 11) is 0. The second-order valence-corrected chi connectivity index (χ2v) is 14.9. The monoisotopic (exact) mass is 739 g/mol. The predicted molar refractivity (Wildman–Crippen MR) is 245 cm³/mol. The van der Waals surface area contributed by atoms with Gasteiger partial charge >= 0.3 is 0 Å². The van der Waals surface area contributed by atoms with E-state index in [2.05, 4.69) is 217 Å². The third-order valence-corrected chi connectivity index (χ3v) is 11.5. The normalized spacial score (nSPS) is 11.4. The number of benzene rings is 10. The average molecular weight is 740 g/mol. The second kappa shape index (κ2) is 14.1. The molecular weight excluding hydrogens is 703 g/mol. The molecule has 0 amide bonds. The van der Waals surface area contributed by atoms with Crippen molar-refractivity contribution in [3.63, 3.8) is 0 Å². The third kappa shape index (κ3) is 5.82. The zero-order valence-corrected chi connectivity index (χ0v) is 31.7. The molecule has 11 rings (SSSR count). The number of nitrogens with zero attached hydrogens (tertiary/aromatic N) is 1. The first kappa shape index (κ1) is 33.6. The summed E-state index contributed by atoms with van der Waals surface area (Å²) in [5.41, 5.74) is 14.3. The molecule has 11 aromatic rings. The first-order chi connectivity index (χ1) is 28.8. The Bertz CT molecular complexity index is 3260. The molecule has 0 spiro atoms. The second-order valence-electron chi connectivity index (χ2n) is 14.9. The van der Waals surface area contributed by atoms with E-state index in [0.717, 1.165) is 66.8 Å². The molecule has 0 aliphatic heterocycles. The van der Waals surface area contributed by atoms with Crippen LogP contribution in [0, 0.1) is 0 Å². The van der Waals surface area contributed by atoms with Gasteiger partial charge in [-0.3, -0.25) is 0 Å². The van der Waals surface area contributed by atoms with E-state index < -0.39 is 0 Å². The van der Waals surface area contributed by atoms with Crippen LogP contribution >= 0.6 is 0 Å². The van der Waals surface area contributed by atoms with Crippen LogP contribution in [-0.4, -0.2) is 0 Å². The summed E-state index contributed by atoms with van der Waals surface area (Å²) >= 11 is 0. The fraction of sp³-hybridized carbons (Fsp3) is 0. The minimum atomic E-state index is 0.902. The first-order valence-corrected chi connectivity index (χ1v) is 19.8. The third-order valence-electron chi connectivity index (χ3n) is 11.5. The van der Waals surface area contributed by atoms with E-state index in [-0.39, 0.29) is 0 Å². The van der Waals surface area contributed by atoms with Crippen molar-refractivity contribution in [1.82, 2.24) is 0 Å². The zero-order valence-electron chi connectivity index (χ0n) is 31.7. The number of furan rings is 1. The van der Waals surface area contributed by atoms with Crippen LogP contribution in [0.1, 0.15) is 0 Å². The smallest absolute Gasteiger partial charge is 0.143 e. The van der Waals surface area contributed by atoms with E-state index in [9.17, 15) is 0 Å². The maximum atomic E-state index is 6.47. The Morgan fingerprint density at radius 2 is 0.759 bits per heavy atom. The van der Waals surface area contributed by atoms with Crippen molar-refractivity contribution in [3.8, 4) is 44.5 Å². The molecule has 1 aromatic heterocycles. The first-order valence-electron chi connectivity index (χ1n) is 19.8. The summed E-state index contributed by atoms with van der Waals surface area (Å²) in [5.74, 6) is 0. The molecule has 0 N–H and O–H groups in total. The molecule has 0 aliphatic carbocycles. The molecule has 0 radical (unpaired) electrons. The minimum Gasteiger partial charge on any atom is -0.455 e. The van der Waals surface area contributed by atoms with Gasteiger partial charge in [0.25, 0.3) is 0 Å². The lowest BCUT2D eigenvalue weighted by Gasteiger charge is -2.29. The van der Waals surface area contributed by atoms with E-state index >= 15 is 0 Å². The summed E-state index contributed by atoms with van der Waals surface area (Å²) in [6.45, 7) is 0. The predicted octanol–water partition coefficient (Wildman–Crippen LogP) is 16.0. The maximum Gasteiger partial charge on any atom is 0.143 e. The molecule has 10 aromatic carbocycles. The van der Waals surface area contributed by atoms with Gasteiger partial charge in [-0.15, -0.1) is 0 Å². The van der Waals surface area contributed by atoms with E-state index in [1.807, 2.05) is 12.1 Å². The van der Waals surface area contributed by atoms with Crippen molar-refractivity contribution in [1.29, 1.82) is 0 Å². The van der Waals surface area contributed by atoms with E-state index in [1.54, 1.807) is 0 Å². The number of rotatable bonds is 7. The fourth-order valence-corrected chi connectivity index (χ4v) is 8.68. The Morgan fingerprint density at radius 1 is 0.293 bits per heavy atom. The van der Waals surface area contributed by atoms with Crippen molar-refractivity contribution in [2.75, 3.05) is 4.90 Å². The van der Waals surface area contributed by atoms with Gasteiger partial charge in [-0.05, 0) is 91.3 Å². The molecule has 0 saturated carbocycles. The lowest BCUT2D eigenvalue weighted by atomic mass is 9.93. The average Bonchev–Trinajstić information content (AvgIpc) is 3.69. The van der Waals surface area contributed by atoms with Gasteiger partial charge in [0.2, 0.25) is 0 Å². The number of fused-ring (bicyclic) bond motifs is 5. The molecule has 0 atom stereocenters. The largest absolute Gasteiger partial charge is 0.455 e. The minimum absolute atomic E-state index is 0.902. The topological polar surface area (TPSA) is 16.4 Å². The highest BCUT2D eigenvalue weighted by molar-refractivity contribution is 6.09. The van der Waals surface area contributed by atoms with Crippen molar-refractivity contribution < 1.29 is 4.42 Å². The lowest BCUT2D eigenvalue weighted by Crippen LogP contribution is -2.11. The van der Waals surface area contributed by atoms with Crippen LogP contribution in [0.3, 0.4) is 0 Å². The van der Waals surface area contributed by atoms with E-state index in [0.29, 0.717) is 0 Å². The molecule has 58 heavy (non-hydrogen) atoms. The molecule has 0 saturated heterocycles. The van der Waals surface area contributed by atoms with Crippen molar-refractivity contribution in [3.05, 3.63) is 224 Å². The van der Waals surface area contributed by atoms with Gasteiger partial charge in [0.05, 0.1) is 5.69 Å². The van der Waals surface area contributed by atoms with Gasteiger partial charge in [0.15, 0.2) is 0 Å². The molecule has 0 unspecified atom stereocenters. The Labute approximate surface area is 337 Å². The Kier molecular flexibility index (Phi) is 8.19. The zero-order chi connectivity index (χ0) is 38.4. The highest BCUT2D eigenvalue weighted by Gasteiger charge is 2.20. The Morgan fingerprint density at radius 3 is 1.43 bits per heavy atom. The fourth-order valence-electron chi connectivity index (χ4n) is 8.68. The van der Waals surface area contributed by atoms with Gasteiger partial charge in [-0.2, -0.15) is 0 Å². The molecule has 1 heterocycles. The summed E-state index contributed by atoms with van der Waals surface area (Å²) in [4.78, 5) is 2.41. The van der Waals surface area contributed by atoms with Crippen LogP contribution < -0.4 is 4.90 Å². The van der Waals surface area contributed by atoms with Crippen LogP contribution in [-0.2, 0) is 0 Å². The molecule has 272 valence electrons. The van der Waals surface area contributed by atoms with E-state index in [4.69, 9.17) is 4.42 Å².